The second-order valence-corrected chi connectivity index (χ2v) is 6.31. The minimum Gasteiger partial charge on any atom is -0.378 e. The first-order chi connectivity index (χ1) is 12.6. The Morgan fingerprint density at radius 2 is 1.85 bits per heavy atom. The quantitative estimate of drug-likeness (QED) is 0.772. The third-order valence-corrected chi connectivity index (χ3v) is 4.42. The molecule has 1 fully saturated rings. The Labute approximate surface area is 153 Å². The lowest BCUT2D eigenvalue weighted by atomic mass is 10.1. The molecule has 3 rings (SSSR count). The summed E-state index contributed by atoms with van der Waals surface area (Å²) in [5.74, 6) is -0.378. The van der Waals surface area contributed by atoms with Crippen molar-refractivity contribution in [3.05, 3.63) is 71.6 Å². The van der Waals surface area contributed by atoms with Crippen molar-refractivity contribution in [2.75, 3.05) is 38.3 Å². The van der Waals surface area contributed by atoms with E-state index in [1.165, 1.54) is 18.2 Å². The molecule has 0 aliphatic carbocycles. The van der Waals surface area contributed by atoms with Gasteiger partial charge < -0.3 is 14.5 Å². The van der Waals surface area contributed by atoms with Crippen molar-refractivity contribution in [3.8, 4) is 0 Å². The molecule has 26 heavy (non-hydrogen) atoms. The Bertz CT molecular complexity index is 768. The van der Waals surface area contributed by atoms with Crippen LogP contribution in [0.15, 0.2) is 54.6 Å². The second-order valence-electron chi connectivity index (χ2n) is 6.31. The number of anilines is 1. The number of carbonyl (C=O) groups is 1. The molecule has 5 heteroatoms. The second kappa shape index (κ2) is 8.63. The fourth-order valence-electron chi connectivity index (χ4n) is 2.96. The minimum absolute atomic E-state index is 0.0916. The van der Waals surface area contributed by atoms with Gasteiger partial charge in [-0.25, -0.2) is 4.39 Å². The zero-order valence-corrected chi connectivity index (χ0v) is 14.9. The van der Waals surface area contributed by atoms with Crippen LogP contribution in [0.5, 0.6) is 0 Å². The molecule has 1 aliphatic rings. The van der Waals surface area contributed by atoms with Crippen LogP contribution in [-0.4, -0.2) is 44.2 Å². The average Bonchev–Trinajstić information content (AvgIpc) is 2.68. The Hall–Kier alpha value is -2.66. The number of hydrogen-bond donors (Lipinski definition) is 0. The van der Waals surface area contributed by atoms with Crippen molar-refractivity contribution in [2.45, 2.75) is 6.54 Å². The summed E-state index contributed by atoms with van der Waals surface area (Å²) in [6.45, 7) is 3.70. The zero-order valence-electron chi connectivity index (χ0n) is 14.9. The van der Waals surface area contributed by atoms with E-state index in [1.807, 2.05) is 12.1 Å². The van der Waals surface area contributed by atoms with E-state index in [9.17, 15) is 9.18 Å². The van der Waals surface area contributed by atoms with E-state index < -0.39 is 0 Å². The third kappa shape index (κ3) is 4.70. The molecule has 1 aliphatic heterocycles. The number of nitrogens with zero attached hydrogens (tertiary/aromatic N) is 2. The summed E-state index contributed by atoms with van der Waals surface area (Å²) >= 11 is 0. The standard InChI is InChI=1S/C21H23FN2O2/c1-23(21(25)11-8-17-6-9-19(22)10-7-17)16-18-4-2-3-5-20(18)24-12-14-26-15-13-24/h2-11H,12-16H2,1H3/b11-8+. The molecule has 1 amide bonds. The lowest BCUT2D eigenvalue weighted by molar-refractivity contribution is -0.125. The molecule has 136 valence electrons. The molecule has 2 aromatic carbocycles. The number of likely N-dealkylation sites (N-methyl/N-ethyl adjacent to an activating group) is 1. The van der Waals surface area contributed by atoms with Gasteiger partial charge in [-0.15, -0.1) is 0 Å². The van der Waals surface area contributed by atoms with Crippen LogP contribution in [0.1, 0.15) is 11.1 Å². The number of morpholine rings is 1. The number of ether oxygens (including phenoxy) is 1. The summed E-state index contributed by atoms with van der Waals surface area (Å²) in [6.07, 6.45) is 3.22. The van der Waals surface area contributed by atoms with Gasteiger partial charge in [0.25, 0.3) is 0 Å². The van der Waals surface area contributed by atoms with Gasteiger partial charge in [-0.05, 0) is 35.4 Å². The van der Waals surface area contributed by atoms with Gasteiger partial charge >= 0.3 is 0 Å². The van der Waals surface area contributed by atoms with Crippen LogP contribution in [-0.2, 0) is 16.1 Å². The van der Waals surface area contributed by atoms with E-state index in [-0.39, 0.29) is 11.7 Å². The number of para-hydroxylation sites is 1. The Kier molecular flexibility index (Phi) is 6.02. The van der Waals surface area contributed by atoms with Crippen molar-refractivity contribution >= 4 is 17.7 Å². The number of rotatable bonds is 5. The van der Waals surface area contributed by atoms with Gasteiger partial charge in [0.2, 0.25) is 5.91 Å². The number of amides is 1. The number of hydrogen-bond acceptors (Lipinski definition) is 3. The maximum Gasteiger partial charge on any atom is 0.246 e. The third-order valence-electron chi connectivity index (χ3n) is 4.42. The predicted molar refractivity (Wildman–Crippen MR) is 101 cm³/mol. The number of benzene rings is 2. The number of carbonyl (C=O) groups excluding carboxylic acids is 1. The van der Waals surface area contributed by atoms with Crippen molar-refractivity contribution in [1.82, 2.24) is 4.90 Å². The van der Waals surface area contributed by atoms with Crippen molar-refractivity contribution in [1.29, 1.82) is 0 Å². The molecule has 0 unspecified atom stereocenters. The molecule has 0 aromatic heterocycles. The monoisotopic (exact) mass is 354 g/mol. The Morgan fingerprint density at radius 1 is 1.15 bits per heavy atom. The van der Waals surface area contributed by atoms with Gasteiger partial charge in [-0.2, -0.15) is 0 Å². The van der Waals surface area contributed by atoms with Gasteiger partial charge in [-0.1, -0.05) is 30.3 Å². The largest absolute Gasteiger partial charge is 0.378 e. The molecule has 0 bridgehead atoms. The lowest BCUT2D eigenvalue weighted by Gasteiger charge is -2.31. The molecular formula is C21H23FN2O2. The highest BCUT2D eigenvalue weighted by atomic mass is 19.1. The Morgan fingerprint density at radius 3 is 2.58 bits per heavy atom. The van der Waals surface area contributed by atoms with Gasteiger partial charge in [-0.3, -0.25) is 4.79 Å². The molecule has 2 aromatic rings. The molecular weight excluding hydrogens is 331 g/mol. The maximum atomic E-state index is 12.9. The first-order valence-corrected chi connectivity index (χ1v) is 8.73. The van der Waals surface area contributed by atoms with Gasteiger partial charge in [0.05, 0.1) is 13.2 Å². The molecule has 0 N–H and O–H groups in total. The van der Waals surface area contributed by atoms with Crippen molar-refractivity contribution in [2.24, 2.45) is 0 Å². The molecule has 0 saturated carbocycles. The van der Waals surface area contributed by atoms with Gasteiger partial charge in [0.15, 0.2) is 0 Å². The van der Waals surface area contributed by atoms with Crippen LogP contribution in [0.25, 0.3) is 6.08 Å². The maximum absolute atomic E-state index is 12.9. The first-order valence-electron chi connectivity index (χ1n) is 8.73. The van der Waals surface area contributed by atoms with E-state index in [0.717, 1.165) is 43.1 Å². The smallest absolute Gasteiger partial charge is 0.246 e. The van der Waals surface area contributed by atoms with Crippen LogP contribution in [0.3, 0.4) is 0 Å². The summed E-state index contributed by atoms with van der Waals surface area (Å²) in [4.78, 5) is 16.4. The van der Waals surface area contributed by atoms with E-state index in [1.54, 1.807) is 30.2 Å². The SMILES string of the molecule is CN(Cc1ccccc1N1CCOCC1)C(=O)/C=C/c1ccc(F)cc1. The summed E-state index contributed by atoms with van der Waals surface area (Å²) in [6, 6.07) is 14.2. The van der Waals surface area contributed by atoms with Gasteiger partial charge in [0, 0.05) is 38.4 Å². The normalized spacial score (nSPS) is 14.6. The summed E-state index contributed by atoms with van der Waals surface area (Å²) in [5.41, 5.74) is 3.06. The highest BCUT2D eigenvalue weighted by molar-refractivity contribution is 5.91. The molecule has 0 spiro atoms. The van der Waals surface area contributed by atoms with Crippen LogP contribution in [0.2, 0.25) is 0 Å². The summed E-state index contributed by atoms with van der Waals surface area (Å²) in [7, 11) is 1.79. The molecule has 1 heterocycles. The van der Waals surface area contributed by atoms with Crippen molar-refractivity contribution < 1.29 is 13.9 Å². The topological polar surface area (TPSA) is 32.8 Å². The van der Waals surface area contributed by atoms with Crippen molar-refractivity contribution in [3.63, 3.8) is 0 Å². The number of halogens is 1. The fraction of sp³-hybridized carbons (Fsp3) is 0.286. The van der Waals surface area contributed by atoms with E-state index in [0.29, 0.717) is 6.54 Å². The minimum atomic E-state index is -0.287. The van der Waals surface area contributed by atoms with Crippen LogP contribution < -0.4 is 4.90 Å². The molecule has 0 atom stereocenters. The zero-order chi connectivity index (χ0) is 18.4. The van der Waals surface area contributed by atoms with E-state index in [2.05, 4.69) is 17.0 Å². The molecule has 1 saturated heterocycles. The molecule has 0 radical (unpaired) electrons. The highest BCUT2D eigenvalue weighted by Crippen LogP contribution is 2.22. The van der Waals surface area contributed by atoms with Gasteiger partial charge in [0.1, 0.15) is 5.82 Å². The lowest BCUT2D eigenvalue weighted by Crippen LogP contribution is -2.37. The van der Waals surface area contributed by atoms with Crippen LogP contribution in [0.4, 0.5) is 10.1 Å². The van der Waals surface area contributed by atoms with E-state index >= 15 is 0 Å². The highest BCUT2D eigenvalue weighted by Gasteiger charge is 2.16. The van der Waals surface area contributed by atoms with Crippen LogP contribution >= 0.6 is 0 Å². The summed E-state index contributed by atoms with van der Waals surface area (Å²) in [5, 5.41) is 0. The predicted octanol–water partition coefficient (Wildman–Crippen LogP) is 3.33. The summed E-state index contributed by atoms with van der Waals surface area (Å²) < 4.78 is 18.4. The first kappa shape index (κ1) is 18.1. The van der Waals surface area contributed by atoms with E-state index in [4.69, 9.17) is 4.74 Å². The fourth-order valence-corrected chi connectivity index (χ4v) is 2.96. The molecule has 4 nitrogen and oxygen atoms in total. The van der Waals surface area contributed by atoms with Crippen LogP contribution in [0, 0.1) is 5.82 Å². The average molecular weight is 354 g/mol. The Balaban J connectivity index is 1.66.